The zero-order valence-corrected chi connectivity index (χ0v) is 13.0. The Morgan fingerprint density at radius 2 is 2.13 bits per heavy atom. The van der Waals surface area contributed by atoms with Crippen LogP contribution in [0.4, 0.5) is 11.4 Å². The van der Waals surface area contributed by atoms with Gasteiger partial charge in [-0.15, -0.1) is 0 Å². The van der Waals surface area contributed by atoms with E-state index in [9.17, 15) is 14.9 Å². The maximum atomic E-state index is 12.3. The summed E-state index contributed by atoms with van der Waals surface area (Å²) in [5.74, 6) is 0.351. The normalized spacial score (nSPS) is 15.7. The molecular formula is C16H13ClN2O4. The lowest BCUT2D eigenvalue weighted by molar-refractivity contribution is -0.384. The Kier molecular flexibility index (Phi) is 3.92. The number of nitrogens with one attached hydrogen (secondary N) is 1. The molecule has 23 heavy (non-hydrogen) atoms. The molecule has 2 aromatic rings. The number of non-ortho nitro benzene ring substituents is 1. The van der Waals surface area contributed by atoms with Crippen molar-refractivity contribution in [1.29, 1.82) is 0 Å². The van der Waals surface area contributed by atoms with Crippen LogP contribution < -0.4 is 10.1 Å². The Morgan fingerprint density at radius 3 is 2.83 bits per heavy atom. The number of fused-ring (bicyclic) bond motifs is 1. The molecule has 1 aliphatic rings. The lowest BCUT2D eigenvalue weighted by Crippen LogP contribution is -2.31. The molecule has 1 amide bonds. The van der Waals surface area contributed by atoms with Crippen molar-refractivity contribution in [2.24, 2.45) is 0 Å². The molecule has 3 rings (SSSR count). The van der Waals surface area contributed by atoms with E-state index >= 15 is 0 Å². The number of amides is 1. The van der Waals surface area contributed by atoms with Crippen molar-refractivity contribution in [1.82, 2.24) is 0 Å². The van der Waals surface area contributed by atoms with Gasteiger partial charge in [-0.1, -0.05) is 11.6 Å². The molecule has 0 saturated carbocycles. The molecule has 0 aromatic heterocycles. The summed E-state index contributed by atoms with van der Waals surface area (Å²) >= 11 is 5.93. The van der Waals surface area contributed by atoms with Crippen molar-refractivity contribution < 1.29 is 14.5 Å². The van der Waals surface area contributed by atoms with E-state index in [2.05, 4.69) is 5.32 Å². The van der Waals surface area contributed by atoms with Crippen molar-refractivity contribution in [3.63, 3.8) is 0 Å². The van der Waals surface area contributed by atoms with Crippen molar-refractivity contribution in [2.45, 2.75) is 19.4 Å². The molecular weight excluding hydrogens is 320 g/mol. The second-order valence-corrected chi connectivity index (χ2v) is 5.74. The number of nitro groups is 1. The van der Waals surface area contributed by atoms with Gasteiger partial charge in [-0.3, -0.25) is 14.9 Å². The van der Waals surface area contributed by atoms with E-state index in [-0.39, 0.29) is 11.6 Å². The third-order valence-corrected chi connectivity index (χ3v) is 3.90. The molecule has 1 heterocycles. The first-order chi connectivity index (χ1) is 10.9. The van der Waals surface area contributed by atoms with E-state index < -0.39 is 11.0 Å². The predicted molar refractivity (Wildman–Crippen MR) is 86.0 cm³/mol. The van der Waals surface area contributed by atoms with Crippen LogP contribution >= 0.6 is 11.6 Å². The summed E-state index contributed by atoms with van der Waals surface area (Å²) in [7, 11) is 0. The largest absolute Gasteiger partial charge is 0.480 e. The lowest BCUT2D eigenvalue weighted by atomic mass is 10.1. The molecule has 2 aromatic carbocycles. The van der Waals surface area contributed by atoms with E-state index in [1.54, 1.807) is 25.1 Å². The second kappa shape index (κ2) is 5.89. The fourth-order valence-corrected chi connectivity index (χ4v) is 2.67. The fourth-order valence-electron chi connectivity index (χ4n) is 2.48. The Balaban J connectivity index is 1.72. The Hall–Kier alpha value is -2.60. The van der Waals surface area contributed by atoms with Crippen molar-refractivity contribution in [3.8, 4) is 5.75 Å². The van der Waals surface area contributed by atoms with Gasteiger partial charge < -0.3 is 10.1 Å². The zero-order valence-electron chi connectivity index (χ0n) is 12.2. The molecule has 1 N–H and O–H groups in total. The van der Waals surface area contributed by atoms with Gasteiger partial charge in [0, 0.05) is 29.3 Å². The molecule has 0 unspecified atom stereocenters. The first-order valence-corrected chi connectivity index (χ1v) is 7.33. The maximum Gasteiger partial charge on any atom is 0.269 e. The SMILES string of the molecule is Cc1cc([N+](=O)[O-])ccc1NC(=O)[C@H]1Cc2cc(Cl)ccc2O1. The summed E-state index contributed by atoms with van der Waals surface area (Å²) in [6, 6.07) is 9.52. The minimum atomic E-state index is -0.641. The van der Waals surface area contributed by atoms with Gasteiger partial charge in [-0.25, -0.2) is 0 Å². The van der Waals surface area contributed by atoms with Crippen LogP contribution in [0.25, 0.3) is 0 Å². The van der Waals surface area contributed by atoms with E-state index in [1.165, 1.54) is 18.2 Å². The topological polar surface area (TPSA) is 81.5 Å². The van der Waals surface area contributed by atoms with Gasteiger partial charge in [0.1, 0.15) is 5.75 Å². The highest BCUT2D eigenvalue weighted by atomic mass is 35.5. The zero-order chi connectivity index (χ0) is 16.6. The van der Waals surface area contributed by atoms with Crippen molar-refractivity contribution in [2.75, 3.05) is 5.32 Å². The smallest absolute Gasteiger partial charge is 0.269 e. The number of aryl methyl sites for hydroxylation is 1. The number of halogens is 1. The van der Waals surface area contributed by atoms with Crippen molar-refractivity contribution in [3.05, 3.63) is 62.7 Å². The van der Waals surface area contributed by atoms with Crippen LogP contribution in [0.3, 0.4) is 0 Å². The number of anilines is 1. The Morgan fingerprint density at radius 1 is 1.35 bits per heavy atom. The first-order valence-electron chi connectivity index (χ1n) is 6.95. The minimum absolute atomic E-state index is 0.0142. The third kappa shape index (κ3) is 3.12. The van der Waals surface area contributed by atoms with Gasteiger partial charge in [-0.2, -0.15) is 0 Å². The molecule has 118 valence electrons. The highest BCUT2D eigenvalue weighted by Gasteiger charge is 2.29. The van der Waals surface area contributed by atoms with Crippen LogP contribution in [-0.2, 0) is 11.2 Å². The number of hydrogen-bond acceptors (Lipinski definition) is 4. The molecule has 6 nitrogen and oxygen atoms in total. The minimum Gasteiger partial charge on any atom is -0.480 e. The second-order valence-electron chi connectivity index (χ2n) is 5.31. The van der Waals surface area contributed by atoms with Gasteiger partial charge in [0.15, 0.2) is 6.10 Å². The molecule has 0 spiro atoms. The number of hydrogen-bond donors (Lipinski definition) is 1. The summed E-state index contributed by atoms with van der Waals surface area (Å²) in [6.45, 7) is 1.70. The highest BCUT2D eigenvalue weighted by molar-refractivity contribution is 6.30. The molecule has 7 heteroatoms. The van der Waals surface area contributed by atoms with Gasteiger partial charge in [0.25, 0.3) is 11.6 Å². The molecule has 0 bridgehead atoms. The Bertz CT molecular complexity index is 807. The van der Waals surface area contributed by atoms with E-state index in [4.69, 9.17) is 16.3 Å². The number of nitrogens with zero attached hydrogens (tertiary/aromatic N) is 1. The molecule has 0 fully saturated rings. The summed E-state index contributed by atoms with van der Waals surface area (Å²) < 4.78 is 5.62. The highest BCUT2D eigenvalue weighted by Crippen LogP contribution is 2.31. The molecule has 0 saturated heterocycles. The van der Waals surface area contributed by atoms with Gasteiger partial charge in [-0.05, 0) is 42.3 Å². The molecule has 0 aliphatic carbocycles. The predicted octanol–water partition coefficient (Wildman–Crippen LogP) is 3.50. The van der Waals surface area contributed by atoms with Crippen LogP contribution in [0.2, 0.25) is 5.02 Å². The van der Waals surface area contributed by atoms with Crippen LogP contribution in [0.1, 0.15) is 11.1 Å². The average Bonchev–Trinajstić information content (AvgIpc) is 2.92. The average molecular weight is 333 g/mol. The molecule has 0 radical (unpaired) electrons. The van der Waals surface area contributed by atoms with Crippen LogP contribution in [-0.4, -0.2) is 16.9 Å². The number of carbonyl (C=O) groups excluding carboxylic acids is 1. The quantitative estimate of drug-likeness (QED) is 0.689. The van der Waals surface area contributed by atoms with E-state index in [0.717, 1.165) is 5.56 Å². The summed E-state index contributed by atoms with van der Waals surface area (Å²) in [4.78, 5) is 22.6. The van der Waals surface area contributed by atoms with Crippen molar-refractivity contribution >= 4 is 28.9 Å². The van der Waals surface area contributed by atoms with Crippen LogP contribution in [0.15, 0.2) is 36.4 Å². The first kappa shape index (κ1) is 15.3. The van der Waals surface area contributed by atoms with E-state index in [0.29, 0.717) is 28.4 Å². The monoisotopic (exact) mass is 332 g/mol. The number of carbonyl (C=O) groups is 1. The number of rotatable bonds is 3. The number of nitro benzene ring substituents is 1. The molecule has 1 aliphatic heterocycles. The van der Waals surface area contributed by atoms with Gasteiger partial charge in [0.05, 0.1) is 4.92 Å². The summed E-state index contributed by atoms with van der Waals surface area (Å²) in [6.07, 6.45) is -0.202. The third-order valence-electron chi connectivity index (χ3n) is 3.67. The van der Waals surface area contributed by atoms with E-state index in [1.807, 2.05) is 0 Å². The maximum absolute atomic E-state index is 12.3. The molecule has 1 atom stereocenters. The standard InChI is InChI=1S/C16H13ClN2O4/c1-9-6-12(19(21)22)3-4-13(9)18-16(20)15-8-10-7-11(17)2-5-14(10)23-15/h2-7,15H,8H2,1H3,(H,18,20)/t15-/m1/s1. The summed E-state index contributed by atoms with van der Waals surface area (Å²) in [5, 5.41) is 14.1. The number of ether oxygens (including phenoxy) is 1. The van der Waals surface area contributed by atoms with Gasteiger partial charge in [0.2, 0.25) is 0 Å². The summed E-state index contributed by atoms with van der Waals surface area (Å²) in [5.41, 5.74) is 2.02. The number of benzene rings is 2. The van der Waals surface area contributed by atoms with Gasteiger partial charge >= 0.3 is 0 Å². The van der Waals surface area contributed by atoms with Crippen LogP contribution in [0.5, 0.6) is 5.75 Å². The van der Waals surface area contributed by atoms with Crippen LogP contribution in [0, 0.1) is 17.0 Å². The Labute approximate surface area is 137 Å². The fraction of sp³-hybridized carbons (Fsp3) is 0.188. The lowest BCUT2D eigenvalue weighted by Gasteiger charge is -2.13.